The van der Waals surface area contributed by atoms with Gasteiger partial charge in [-0.2, -0.15) is 0 Å². The maximum Gasteiger partial charge on any atom is 0.257 e. The van der Waals surface area contributed by atoms with Crippen LogP contribution >= 0.6 is 15.9 Å². The number of hydrogen-bond acceptors (Lipinski definition) is 5. The van der Waals surface area contributed by atoms with Gasteiger partial charge in [0, 0.05) is 11.5 Å². The second-order valence-electron chi connectivity index (χ2n) is 5.41. The largest absolute Gasteiger partial charge is 0.493 e. The number of carbonyl (C=O) groups is 1. The highest BCUT2D eigenvalue weighted by Gasteiger charge is 2.22. The highest BCUT2D eigenvalue weighted by Crippen LogP contribution is 2.40. The third-order valence-electron chi connectivity index (χ3n) is 3.79. The molecule has 0 saturated carbocycles. The zero-order valence-electron chi connectivity index (χ0n) is 15.2. The highest BCUT2D eigenvalue weighted by molar-refractivity contribution is 9.10. The zero-order chi connectivity index (χ0) is 19.1. The molecule has 0 aromatic heterocycles. The molecule has 0 radical (unpaired) electrons. The molecule has 0 aliphatic rings. The van der Waals surface area contributed by atoms with Crippen molar-refractivity contribution in [2.45, 2.75) is 0 Å². The quantitative estimate of drug-likeness (QED) is 0.648. The molecule has 2 aromatic rings. The van der Waals surface area contributed by atoms with E-state index in [0.717, 1.165) is 10.2 Å². The minimum absolute atomic E-state index is 0.192. The van der Waals surface area contributed by atoms with Crippen molar-refractivity contribution in [1.29, 1.82) is 0 Å². The van der Waals surface area contributed by atoms with Crippen molar-refractivity contribution in [3.63, 3.8) is 0 Å². The monoisotopic (exact) mass is 423 g/mol. The molecule has 0 fully saturated rings. The summed E-state index contributed by atoms with van der Waals surface area (Å²) in [7, 11) is 6.24. The summed E-state index contributed by atoms with van der Waals surface area (Å²) in [6.45, 7) is 0.797. The lowest BCUT2D eigenvalue weighted by Crippen LogP contribution is -2.31. The van der Waals surface area contributed by atoms with Crippen LogP contribution in [0.5, 0.6) is 23.0 Å². The van der Waals surface area contributed by atoms with E-state index < -0.39 is 0 Å². The average Bonchev–Trinajstić information content (AvgIpc) is 2.67. The number of halogens is 1. The maximum atomic E-state index is 12.8. The van der Waals surface area contributed by atoms with E-state index in [9.17, 15) is 4.79 Å². The van der Waals surface area contributed by atoms with Crippen LogP contribution in [-0.2, 0) is 0 Å². The Morgan fingerprint density at radius 1 is 0.962 bits per heavy atom. The van der Waals surface area contributed by atoms with Gasteiger partial charge < -0.3 is 23.8 Å². The summed E-state index contributed by atoms with van der Waals surface area (Å²) < 4.78 is 22.6. The molecule has 0 aliphatic carbocycles. The van der Waals surface area contributed by atoms with E-state index in [1.54, 1.807) is 24.1 Å². The summed E-state index contributed by atoms with van der Waals surface area (Å²) in [5.74, 6) is 1.79. The van der Waals surface area contributed by atoms with Gasteiger partial charge in [0.15, 0.2) is 11.5 Å². The van der Waals surface area contributed by atoms with Gasteiger partial charge in [0.2, 0.25) is 5.75 Å². The number of carbonyl (C=O) groups excluding carboxylic acids is 1. The first-order chi connectivity index (χ1) is 12.5. The summed E-state index contributed by atoms with van der Waals surface area (Å²) in [6, 6.07) is 10.9. The molecule has 0 saturated heterocycles. The van der Waals surface area contributed by atoms with Gasteiger partial charge in [-0.25, -0.2) is 0 Å². The molecule has 6 nitrogen and oxygen atoms in total. The average molecular weight is 424 g/mol. The van der Waals surface area contributed by atoms with Crippen molar-refractivity contribution in [2.75, 3.05) is 41.5 Å². The Labute approximate surface area is 161 Å². The van der Waals surface area contributed by atoms with Crippen LogP contribution in [-0.4, -0.2) is 52.3 Å². The lowest BCUT2D eigenvalue weighted by atomic mass is 10.1. The predicted octanol–water partition coefficient (Wildman–Crippen LogP) is 3.63. The van der Waals surface area contributed by atoms with Crippen molar-refractivity contribution in [3.8, 4) is 23.0 Å². The highest BCUT2D eigenvalue weighted by atomic mass is 79.9. The zero-order valence-corrected chi connectivity index (χ0v) is 16.8. The summed E-state index contributed by atoms with van der Waals surface area (Å²) >= 11 is 3.38. The third kappa shape index (κ3) is 4.60. The Morgan fingerprint density at radius 2 is 1.62 bits per heavy atom. The fourth-order valence-corrected chi connectivity index (χ4v) is 2.67. The van der Waals surface area contributed by atoms with Crippen LogP contribution in [0.2, 0.25) is 0 Å². The molecule has 140 valence electrons. The van der Waals surface area contributed by atoms with Crippen molar-refractivity contribution < 1.29 is 23.7 Å². The lowest BCUT2D eigenvalue weighted by molar-refractivity contribution is 0.0769. The Morgan fingerprint density at radius 3 is 2.19 bits per heavy atom. The molecule has 2 rings (SSSR count). The molecule has 7 heteroatoms. The number of nitrogens with zero attached hydrogens (tertiary/aromatic N) is 1. The fraction of sp³-hybridized carbons (Fsp3) is 0.316. The minimum Gasteiger partial charge on any atom is -0.493 e. The molecular formula is C19H22BrNO5. The van der Waals surface area contributed by atoms with E-state index in [-0.39, 0.29) is 5.91 Å². The Bertz CT molecular complexity index is 748. The van der Waals surface area contributed by atoms with E-state index in [2.05, 4.69) is 15.9 Å². The first-order valence-electron chi connectivity index (χ1n) is 7.94. The van der Waals surface area contributed by atoms with Gasteiger partial charge in [0.1, 0.15) is 12.4 Å². The molecule has 26 heavy (non-hydrogen) atoms. The van der Waals surface area contributed by atoms with Crippen LogP contribution in [0, 0.1) is 0 Å². The molecule has 0 heterocycles. The predicted molar refractivity (Wildman–Crippen MR) is 103 cm³/mol. The normalized spacial score (nSPS) is 10.2. The SMILES string of the molecule is COc1ccc(C(=O)N(C)CCOc2ccc(Br)cc2)c(OC)c1OC. The first kappa shape index (κ1) is 19.9. The second-order valence-corrected chi connectivity index (χ2v) is 6.33. The van der Waals surface area contributed by atoms with Crippen LogP contribution in [0.1, 0.15) is 10.4 Å². The Hall–Kier alpha value is -2.41. The Balaban J connectivity index is 2.06. The van der Waals surface area contributed by atoms with Crippen molar-refractivity contribution in [3.05, 3.63) is 46.4 Å². The van der Waals surface area contributed by atoms with Crippen LogP contribution in [0.3, 0.4) is 0 Å². The fourth-order valence-electron chi connectivity index (χ4n) is 2.41. The smallest absolute Gasteiger partial charge is 0.257 e. The van der Waals surface area contributed by atoms with E-state index in [4.69, 9.17) is 18.9 Å². The van der Waals surface area contributed by atoms with Crippen molar-refractivity contribution in [1.82, 2.24) is 4.90 Å². The second kappa shape index (κ2) is 9.33. The number of benzene rings is 2. The lowest BCUT2D eigenvalue weighted by Gasteiger charge is -2.20. The van der Waals surface area contributed by atoms with Gasteiger partial charge in [-0.15, -0.1) is 0 Å². The Kier molecular flexibility index (Phi) is 7.15. The number of methoxy groups -OCH3 is 3. The molecule has 0 atom stereocenters. The van der Waals surface area contributed by atoms with Gasteiger partial charge >= 0.3 is 0 Å². The summed E-state index contributed by atoms with van der Waals surface area (Å²) in [4.78, 5) is 14.3. The topological polar surface area (TPSA) is 57.2 Å². The molecule has 0 aliphatic heterocycles. The minimum atomic E-state index is -0.192. The van der Waals surface area contributed by atoms with Crippen LogP contribution in [0.15, 0.2) is 40.9 Å². The maximum absolute atomic E-state index is 12.8. The summed E-state index contributed by atoms with van der Waals surface area (Å²) in [6.07, 6.45) is 0. The van der Waals surface area contributed by atoms with Crippen LogP contribution in [0.25, 0.3) is 0 Å². The summed E-state index contributed by atoms with van der Waals surface area (Å²) in [5, 5.41) is 0. The molecular weight excluding hydrogens is 402 g/mol. The van der Waals surface area contributed by atoms with Gasteiger partial charge in [0.05, 0.1) is 33.4 Å². The van der Waals surface area contributed by atoms with Crippen molar-refractivity contribution in [2.24, 2.45) is 0 Å². The van der Waals surface area contributed by atoms with Gasteiger partial charge in [0.25, 0.3) is 5.91 Å². The number of ether oxygens (including phenoxy) is 4. The van der Waals surface area contributed by atoms with Crippen molar-refractivity contribution >= 4 is 21.8 Å². The number of likely N-dealkylation sites (N-methyl/N-ethyl adjacent to an activating group) is 1. The number of rotatable bonds is 8. The molecule has 0 N–H and O–H groups in total. The summed E-state index contributed by atoms with van der Waals surface area (Å²) in [5.41, 5.74) is 0.399. The van der Waals surface area contributed by atoms with Crippen LogP contribution in [0.4, 0.5) is 0 Å². The molecule has 2 aromatic carbocycles. The van der Waals surface area contributed by atoms with E-state index in [1.165, 1.54) is 21.3 Å². The number of amides is 1. The van der Waals surface area contributed by atoms with Gasteiger partial charge in [-0.3, -0.25) is 4.79 Å². The first-order valence-corrected chi connectivity index (χ1v) is 8.74. The molecule has 0 spiro atoms. The standard InChI is InChI=1S/C19H22BrNO5/c1-21(11-12-26-14-7-5-13(20)6-8-14)19(22)15-9-10-16(23-2)18(25-4)17(15)24-3/h5-10H,11-12H2,1-4H3. The molecule has 0 bridgehead atoms. The van der Waals surface area contributed by atoms with Gasteiger partial charge in [-0.1, -0.05) is 15.9 Å². The molecule has 1 amide bonds. The van der Waals surface area contributed by atoms with Crippen LogP contribution < -0.4 is 18.9 Å². The van der Waals surface area contributed by atoms with E-state index >= 15 is 0 Å². The van der Waals surface area contributed by atoms with Gasteiger partial charge in [-0.05, 0) is 36.4 Å². The van der Waals surface area contributed by atoms with E-state index in [1.807, 2.05) is 24.3 Å². The molecule has 0 unspecified atom stereocenters. The third-order valence-corrected chi connectivity index (χ3v) is 4.32. The van der Waals surface area contributed by atoms with E-state index in [0.29, 0.717) is 36.0 Å². The number of hydrogen-bond donors (Lipinski definition) is 0.